The van der Waals surface area contributed by atoms with E-state index in [4.69, 9.17) is 0 Å². The first-order valence-electron chi connectivity index (χ1n) is 9.20. The maximum Gasteiger partial charge on any atom is 0.248 e. The summed E-state index contributed by atoms with van der Waals surface area (Å²) < 4.78 is 2.13. The van der Waals surface area contributed by atoms with E-state index in [1.807, 2.05) is 42.5 Å². The molecule has 1 fully saturated rings. The van der Waals surface area contributed by atoms with Gasteiger partial charge in [-0.05, 0) is 55.2 Å². The smallest absolute Gasteiger partial charge is 0.248 e. The highest BCUT2D eigenvalue weighted by atomic mass is 79.9. The highest BCUT2D eigenvalue weighted by Gasteiger charge is 2.24. The van der Waals surface area contributed by atoms with Crippen molar-refractivity contribution in [3.05, 3.63) is 70.2 Å². The van der Waals surface area contributed by atoms with Crippen LogP contribution in [0.15, 0.2) is 59.1 Å². The van der Waals surface area contributed by atoms with Crippen molar-refractivity contribution in [3.63, 3.8) is 0 Å². The number of hydrogen-bond donors (Lipinski definition) is 1. The number of benzene rings is 2. The van der Waals surface area contributed by atoms with Gasteiger partial charge in [0.2, 0.25) is 5.91 Å². The Labute approximate surface area is 176 Å². The number of nitrogens with zero attached hydrogens (tertiary/aromatic N) is 1. The molecule has 5 heteroatoms. The van der Waals surface area contributed by atoms with Gasteiger partial charge < -0.3 is 22.2 Å². The van der Waals surface area contributed by atoms with Gasteiger partial charge >= 0.3 is 0 Å². The fourth-order valence-electron chi connectivity index (χ4n) is 3.53. The number of piperidine rings is 1. The van der Waals surface area contributed by atoms with Crippen molar-refractivity contribution >= 4 is 33.6 Å². The first-order valence-corrected chi connectivity index (χ1v) is 9.99. The summed E-state index contributed by atoms with van der Waals surface area (Å²) in [6, 6.07) is 16.1. The van der Waals surface area contributed by atoms with Gasteiger partial charge in [-0.25, -0.2) is 0 Å². The first-order chi connectivity index (χ1) is 12.5. The van der Waals surface area contributed by atoms with Crippen LogP contribution in [0.3, 0.4) is 0 Å². The van der Waals surface area contributed by atoms with Crippen LogP contribution in [0, 0.1) is 0 Å². The molecule has 0 aliphatic carbocycles. The Morgan fingerprint density at radius 3 is 2.48 bits per heavy atom. The van der Waals surface area contributed by atoms with Crippen LogP contribution in [-0.2, 0) is 11.3 Å². The Kier molecular flexibility index (Phi) is 8.08. The highest BCUT2D eigenvalue weighted by molar-refractivity contribution is 9.10. The number of likely N-dealkylation sites (tertiary alicyclic amines) is 1. The lowest BCUT2D eigenvalue weighted by Crippen LogP contribution is -3.00. The summed E-state index contributed by atoms with van der Waals surface area (Å²) in [7, 11) is 2.35. The summed E-state index contributed by atoms with van der Waals surface area (Å²) in [6.07, 6.45) is 7.40. The van der Waals surface area contributed by atoms with Crippen molar-refractivity contribution in [2.45, 2.75) is 25.8 Å². The number of hydrogen-bond acceptors (Lipinski definition) is 1. The van der Waals surface area contributed by atoms with Gasteiger partial charge in [-0.15, -0.1) is 0 Å². The lowest BCUT2D eigenvalue weighted by atomic mass is 10.1. The minimum absolute atomic E-state index is 0. The van der Waals surface area contributed by atoms with E-state index in [-0.39, 0.29) is 18.3 Å². The molecule has 3 rings (SSSR count). The lowest BCUT2D eigenvalue weighted by molar-refractivity contribution is -0.926. The quantitative estimate of drug-likeness (QED) is 0.550. The van der Waals surface area contributed by atoms with Gasteiger partial charge in [0.15, 0.2) is 0 Å². The molecule has 1 amide bonds. The third-order valence-electron chi connectivity index (χ3n) is 4.96. The number of halogens is 2. The molecular formula is C22H26BrClN2O. The van der Waals surface area contributed by atoms with Crippen LogP contribution >= 0.6 is 15.9 Å². The fourth-order valence-corrected chi connectivity index (χ4v) is 3.95. The van der Waals surface area contributed by atoms with Crippen LogP contribution in [0.25, 0.3) is 6.08 Å². The van der Waals surface area contributed by atoms with Crippen LogP contribution in [0.5, 0.6) is 0 Å². The average Bonchev–Trinajstić information content (AvgIpc) is 2.62. The molecule has 0 unspecified atom stereocenters. The molecule has 1 N–H and O–H groups in total. The van der Waals surface area contributed by atoms with Crippen molar-refractivity contribution in [1.29, 1.82) is 0 Å². The van der Waals surface area contributed by atoms with Crippen molar-refractivity contribution in [2.24, 2.45) is 0 Å². The summed E-state index contributed by atoms with van der Waals surface area (Å²) in [4.78, 5) is 12.1. The standard InChI is InChI=1S/C22H25BrN2O.ClH/c1-25(14-3-2-4-15-25)17-19-8-11-21(12-9-19)24-22(26)13-10-18-6-5-7-20(23)16-18;/h5-13,16H,2-4,14-15,17H2,1H3;1H. The van der Waals surface area contributed by atoms with E-state index < -0.39 is 0 Å². The van der Waals surface area contributed by atoms with E-state index in [0.717, 1.165) is 26.8 Å². The van der Waals surface area contributed by atoms with Crippen LogP contribution in [0.1, 0.15) is 30.4 Å². The number of rotatable bonds is 5. The Bertz CT molecular complexity index is 783. The molecule has 144 valence electrons. The van der Waals surface area contributed by atoms with Crippen LogP contribution in [0.4, 0.5) is 5.69 Å². The molecule has 0 atom stereocenters. The monoisotopic (exact) mass is 448 g/mol. The topological polar surface area (TPSA) is 29.1 Å². The Morgan fingerprint density at radius 2 is 1.81 bits per heavy atom. The third kappa shape index (κ3) is 6.80. The van der Waals surface area contributed by atoms with Gasteiger partial charge in [-0.2, -0.15) is 0 Å². The number of carbonyl (C=O) groups excluding carboxylic acids is 1. The maximum atomic E-state index is 12.1. The summed E-state index contributed by atoms with van der Waals surface area (Å²) in [5.41, 5.74) is 3.15. The van der Waals surface area contributed by atoms with Gasteiger partial charge in [-0.3, -0.25) is 4.79 Å². The van der Waals surface area contributed by atoms with Crippen LogP contribution in [0.2, 0.25) is 0 Å². The van der Waals surface area contributed by atoms with E-state index >= 15 is 0 Å². The van der Waals surface area contributed by atoms with E-state index in [2.05, 4.69) is 40.4 Å². The molecular weight excluding hydrogens is 424 g/mol. The number of amides is 1. The Hall–Kier alpha value is -1.62. The highest BCUT2D eigenvalue weighted by Crippen LogP contribution is 2.21. The largest absolute Gasteiger partial charge is 1.00 e. The predicted octanol–water partition coefficient (Wildman–Crippen LogP) is 2.24. The molecule has 1 aliphatic heterocycles. The molecule has 2 aromatic rings. The molecule has 1 heterocycles. The summed E-state index contributed by atoms with van der Waals surface area (Å²) in [5, 5.41) is 2.92. The van der Waals surface area contributed by atoms with Crippen molar-refractivity contribution in [2.75, 3.05) is 25.5 Å². The number of nitrogens with one attached hydrogen (secondary N) is 1. The fraction of sp³-hybridized carbons (Fsp3) is 0.318. The number of carbonyl (C=O) groups is 1. The molecule has 0 radical (unpaired) electrons. The Morgan fingerprint density at radius 1 is 1.11 bits per heavy atom. The molecule has 0 bridgehead atoms. The molecule has 0 saturated carbocycles. The summed E-state index contributed by atoms with van der Waals surface area (Å²) >= 11 is 3.43. The summed E-state index contributed by atoms with van der Waals surface area (Å²) in [5.74, 6) is -0.118. The van der Waals surface area contributed by atoms with Gasteiger partial charge in [-0.1, -0.05) is 40.2 Å². The van der Waals surface area contributed by atoms with E-state index in [1.165, 1.54) is 37.9 Å². The van der Waals surface area contributed by atoms with Crippen molar-refractivity contribution < 1.29 is 21.7 Å². The average molecular weight is 450 g/mol. The van der Waals surface area contributed by atoms with Crippen LogP contribution < -0.4 is 17.7 Å². The zero-order valence-corrected chi connectivity index (χ0v) is 18.0. The number of quaternary nitrogens is 1. The predicted molar refractivity (Wildman–Crippen MR) is 112 cm³/mol. The molecule has 27 heavy (non-hydrogen) atoms. The van der Waals surface area contributed by atoms with E-state index in [1.54, 1.807) is 6.08 Å². The Balaban J connectivity index is 0.00000261. The minimum atomic E-state index is -0.118. The molecule has 2 aromatic carbocycles. The second-order valence-electron chi connectivity index (χ2n) is 7.36. The zero-order valence-electron chi connectivity index (χ0n) is 15.6. The molecule has 0 spiro atoms. The molecule has 1 saturated heterocycles. The van der Waals surface area contributed by atoms with Gasteiger partial charge in [0.05, 0.1) is 20.1 Å². The minimum Gasteiger partial charge on any atom is -1.00 e. The van der Waals surface area contributed by atoms with Crippen molar-refractivity contribution in [1.82, 2.24) is 0 Å². The van der Waals surface area contributed by atoms with E-state index in [0.29, 0.717) is 0 Å². The normalized spacial score (nSPS) is 15.9. The van der Waals surface area contributed by atoms with Gasteiger partial charge in [0.25, 0.3) is 0 Å². The number of anilines is 1. The van der Waals surface area contributed by atoms with Crippen LogP contribution in [-0.4, -0.2) is 30.5 Å². The molecule has 3 nitrogen and oxygen atoms in total. The molecule has 1 aliphatic rings. The second-order valence-corrected chi connectivity index (χ2v) is 8.28. The van der Waals surface area contributed by atoms with Crippen molar-refractivity contribution in [3.8, 4) is 0 Å². The first kappa shape index (κ1) is 21.7. The molecule has 0 aromatic heterocycles. The zero-order chi connectivity index (χ0) is 18.4. The SMILES string of the molecule is C[N+]1(Cc2ccc(NC(=O)C=Cc3cccc(Br)c3)cc2)CCCCC1.[Cl-]. The van der Waals surface area contributed by atoms with Gasteiger partial charge in [0.1, 0.15) is 6.54 Å². The summed E-state index contributed by atoms with van der Waals surface area (Å²) in [6.45, 7) is 3.59. The van der Waals surface area contributed by atoms with E-state index in [9.17, 15) is 4.79 Å². The van der Waals surface area contributed by atoms with Gasteiger partial charge in [0, 0.05) is 21.8 Å². The third-order valence-corrected chi connectivity index (χ3v) is 5.45. The second kappa shape index (κ2) is 10.1. The lowest BCUT2D eigenvalue weighted by Gasteiger charge is -2.37. The maximum absolute atomic E-state index is 12.1.